The lowest BCUT2D eigenvalue weighted by Gasteiger charge is -2.08. The summed E-state index contributed by atoms with van der Waals surface area (Å²) in [6.45, 7) is 6.78. The molecule has 0 atom stereocenters. The van der Waals surface area contributed by atoms with Crippen molar-refractivity contribution in [2.45, 2.75) is 38.1 Å². The van der Waals surface area contributed by atoms with Crippen LogP contribution in [0.5, 0.6) is 0 Å². The molecule has 1 aromatic carbocycles. The summed E-state index contributed by atoms with van der Waals surface area (Å²) < 4.78 is 28.7. The summed E-state index contributed by atoms with van der Waals surface area (Å²) in [4.78, 5) is 0.256. The number of hydrogen-bond donors (Lipinski definition) is 1. The van der Waals surface area contributed by atoms with Crippen LogP contribution in [-0.4, -0.2) is 18.2 Å². The Hall–Kier alpha value is -1.82. The van der Waals surface area contributed by atoms with Gasteiger partial charge in [0, 0.05) is 12.7 Å². The van der Waals surface area contributed by atoms with E-state index in [2.05, 4.69) is 23.7 Å². The minimum atomic E-state index is -3.55. The molecule has 6 heteroatoms. The molecule has 108 valence electrons. The van der Waals surface area contributed by atoms with Crippen molar-refractivity contribution in [2.75, 3.05) is 4.72 Å². The third kappa shape index (κ3) is 3.19. The SMILES string of the molecule is CCn1cc(NS(=O)(=O)c2ccc(C(C)C)cc2)cn1. The van der Waals surface area contributed by atoms with Gasteiger partial charge in [-0.25, -0.2) is 8.42 Å². The molecule has 0 aliphatic heterocycles. The molecule has 0 aliphatic rings. The maximum absolute atomic E-state index is 12.2. The van der Waals surface area contributed by atoms with Gasteiger partial charge in [0.2, 0.25) is 0 Å². The fourth-order valence-electron chi connectivity index (χ4n) is 1.84. The molecule has 0 saturated heterocycles. The van der Waals surface area contributed by atoms with Crippen molar-refractivity contribution in [2.24, 2.45) is 0 Å². The van der Waals surface area contributed by atoms with Crippen molar-refractivity contribution < 1.29 is 8.42 Å². The van der Waals surface area contributed by atoms with E-state index < -0.39 is 10.0 Å². The van der Waals surface area contributed by atoms with Gasteiger partial charge < -0.3 is 0 Å². The normalized spacial score (nSPS) is 11.8. The lowest BCUT2D eigenvalue weighted by Crippen LogP contribution is -2.12. The van der Waals surface area contributed by atoms with Gasteiger partial charge in [-0.2, -0.15) is 5.10 Å². The van der Waals surface area contributed by atoms with Gasteiger partial charge in [0.15, 0.2) is 0 Å². The number of nitrogens with one attached hydrogen (secondary N) is 1. The molecule has 0 bridgehead atoms. The van der Waals surface area contributed by atoms with Gasteiger partial charge in [-0.3, -0.25) is 9.40 Å². The summed E-state index contributed by atoms with van der Waals surface area (Å²) in [7, 11) is -3.55. The van der Waals surface area contributed by atoms with Crippen molar-refractivity contribution >= 4 is 15.7 Å². The molecule has 0 amide bonds. The smallest absolute Gasteiger partial charge is 0.261 e. The third-order valence-electron chi connectivity index (χ3n) is 3.07. The van der Waals surface area contributed by atoms with Crippen LogP contribution in [0.15, 0.2) is 41.6 Å². The maximum atomic E-state index is 12.2. The van der Waals surface area contributed by atoms with Crippen molar-refractivity contribution in [1.82, 2.24) is 9.78 Å². The molecule has 0 unspecified atom stereocenters. The van der Waals surface area contributed by atoms with E-state index in [9.17, 15) is 8.42 Å². The number of benzene rings is 1. The van der Waals surface area contributed by atoms with E-state index >= 15 is 0 Å². The monoisotopic (exact) mass is 293 g/mol. The van der Waals surface area contributed by atoms with Crippen LogP contribution in [0.4, 0.5) is 5.69 Å². The maximum Gasteiger partial charge on any atom is 0.261 e. The van der Waals surface area contributed by atoms with E-state index in [1.807, 2.05) is 19.1 Å². The Kier molecular flexibility index (Phi) is 4.13. The van der Waals surface area contributed by atoms with Crippen molar-refractivity contribution in [1.29, 1.82) is 0 Å². The lowest BCUT2D eigenvalue weighted by molar-refractivity contribution is 0.601. The molecular weight excluding hydrogens is 274 g/mol. The fraction of sp³-hybridized carbons (Fsp3) is 0.357. The zero-order valence-electron chi connectivity index (χ0n) is 11.9. The van der Waals surface area contributed by atoms with Crippen molar-refractivity contribution in [3.8, 4) is 0 Å². The Balaban J connectivity index is 2.21. The average Bonchev–Trinajstić information content (AvgIpc) is 2.85. The molecule has 0 aliphatic carbocycles. The second-order valence-electron chi connectivity index (χ2n) is 4.91. The van der Waals surface area contributed by atoms with E-state index in [-0.39, 0.29) is 4.90 Å². The number of sulfonamides is 1. The standard InChI is InChI=1S/C14H19N3O2S/c1-4-17-10-13(9-15-17)16-20(18,19)14-7-5-12(6-8-14)11(2)3/h5-11,16H,4H2,1-3H3. The van der Waals surface area contributed by atoms with Gasteiger partial charge in [-0.1, -0.05) is 26.0 Å². The van der Waals surface area contributed by atoms with Crippen LogP contribution in [-0.2, 0) is 16.6 Å². The highest BCUT2D eigenvalue weighted by Crippen LogP contribution is 2.19. The van der Waals surface area contributed by atoms with Gasteiger partial charge in [0.1, 0.15) is 0 Å². The number of rotatable bonds is 5. The topological polar surface area (TPSA) is 64.0 Å². The molecule has 0 saturated carbocycles. The Bertz CT molecular complexity index is 673. The zero-order valence-corrected chi connectivity index (χ0v) is 12.7. The zero-order chi connectivity index (χ0) is 14.8. The Labute approximate surface area is 119 Å². The van der Waals surface area contributed by atoms with Crippen molar-refractivity contribution in [3.63, 3.8) is 0 Å². The summed E-state index contributed by atoms with van der Waals surface area (Å²) in [6, 6.07) is 6.94. The van der Waals surface area contributed by atoms with Gasteiger partial charge in [-0.05, 0) is 30.5 Å². The molecule has 20 heavy (non-hydrogen) atoms. The van der Waals surface area contributed by atoms with Crippen LogP contribution >= 0.6 is 0 Å². The molecular formula is C14H19N3O2S. The molecule has 0 radical (unpaired) electrons. The molecule has 2 aromatic rings. The Morgan fingerprint density at radius 1 is 1.25 bits per heavy atom. The fourth-order valence-corrected chi connectivity index (χ4v) is 2.86. The summed E-state index contributed by atoms with van der Waals surface area (Å²) in [5, 5.41) is 4.04. The summed E-state index contributed by atoms with van der Waals surface area (Å²) >= 11 is 0. The summed E-state index contributed by atoms with van der Waals surface area (Å²) in [6.07, 6.45) is 3.17. The second-order valence-corrected chi connectivity index (χ2v) is 6.60. The average molecular weight is 293 g/mol. The first-order valence-electron chi connectivity index (χ1n) is 6.57. The highest BCUT2D eigenvalue weighted by atomic mass is 32.2. The molecule has 0 spiro atoms. The first kappa shape index (κ1) is 14.6. The molecule has 5 nitrogen and oxygen atoms in total. The summed E-state index contributed by atoms with van der Waals surface area (Å²) in [5.74, 6) is 0.377. The van der Waals surface area contributed by atoms with Gasteiger partial charge in [0.05, 0.1) is 16.8 Å². The third-order valence-corrected chi connectivity index (χ3v) is 4.46. The number of aryl methyl sites for hydroxylation is 1. The molecule has 1 heterocycles. The van der Waals surface area contributed by atoms with E-state index in [0.29, 0.717) is 18.2 Å². The van der Waals surface area contributed by atoms with Gasteiger partial charge >= 0.3 is 0 Å². The molecule has 1 aromatic heterocycles. The number of anilines is 1. The van der Waals surface area contributed by atoms with E-state index in [1.54, 1.807) is 23.0 Å². The Morgan fingerprint density at radius 3 is 2.40 bits per heavy atom. The van der Waals surface area contributed by atoms with E-state index in [1.165, 1.54) is 6.20 Å². The predicted octanol–water partition coefficient (Wildman–Crippen LogP) is 2.83. The lowest BCUT2D eigenvalue weighted by atomic mass is 10.0. The number of hydrogen-bond acceptors (Lipinski definition) is 3. The van der Waals surface area contributed by atoms with Gasteiger partial charge in [-0.15, -0.1) is 0 Å². The van der Waals surface area contributed by atoms with Crippen LogP contribution < -0.4 is 4.72 Å². The van der Waals surface area contributed by atoms with Crippen LogP contribution in [0.1, 0.15) is 32.3 Å². The first-order chi connectivity index (χ1) is 9.42. The second kappa shape index (κ2) is 5.66. The molecule has 2 rings (SSSR count). The van der Waals surface area contributed by atoms with Crippen molar-refractivity contribution in [3.05, 3.63) is 42.2 Å². The largest absolute Gasteiger partial charge is 0.276 e. The number of nitrogens with zero attached hydrogens (tertiary/aromatic N) is 2. The van der Waals surface area contributed by atoms with Crippen LogP contribution in [0.2, 0.25) is 0 Å². The quantitative estimate of drug-likeness (QED) is 0.922. The van der Waals surface area contributed by atoms with Gasteiger partial charge in [0.25, 0.3) is 10.0 Å². The first-order valence-corrected chi connectivity index (χ1v) is 8.06. The van der Waals surface area contributed by atoms with E-state index in [4.69, 9.17) is 0 Å². The minimum absolute atomic E-state index is 0.256. The molecule has 1 N–H and O–H groups in total. The van der Waals surface area contributed by atoms with Crippen LogP contribution in [0.3, 0.4) is 0 Å². The summed E-state index contributed by atoms with van der Waals surface area (Å²) in [5.41, 5.74) is 1.59. The highest BCUT2D eigenvalue weighted by molar-refractivity contribution is 7.92. The Morgan fingerprint density at radius 2 is 1.90 bits per heavy atom. The predicted molar refractivity (Wildman–Crippen MR) is 79.2 cm³/mol. The van der Waals surface area contributed by atoms with E-state index in [0.717, 1.165) is 5.56 Å². The highest BCUT2D eigenvalue weighted by Gasteiger charge is 2.15. The van der Waals surface area contributed by atoms with Crippen LogP contribution in [0.25, 0.3) is 0 Å². The van der Waals surface area contributed by atoms with Crippen LogP contribution in [0, 0.1) is 0 Å². The molecule has 0 fully saturated rings. The minimum Gasteiger partial charge on any atom is -0.276 e. The number of aromatic nitrogens is 2.